The minimum atomic E-state index is -0.956. The summed E-state index contributed by atoms with van der Waals surface area (Å²) in [6, 6.07) is 12.0. The monoisotopic (exact) mass is 326 g/mol. The van der Waals surface area contributed by atoms with Crippen LogP contribution in [0.15, 0.2) is 42.5 Å². The van der Waals surface area contributed by atoms with Gasteiger partial charge in [-0.1, -0.05) is 12.1 Å². The molecule has 3 rings (SSSR count). The van der Waals surface area contributed by atoms with Gasteiger partial charge in [0.25, 0.3) is 11.8 Å². The molecule has 2 amide bonds. The van der Waals surface area contributed by atoms with Crippen molar-refractivity contribution in [3.05, 3.63) is 48.0 Å². The summed E-state index contributed by atoms with van der Waals surface area (Å²) in [5, 5.41) is 5.59. The Hall–Kier alpha value is -3.02. The second-order valence-corrected chi connectivity index (χ2v) is 5.93. The number of methoxy groups -OCH3 is 1. The minimum Gasteiger partial charge on any atom is -0.497 e. The maximum absolute atomic E-state index is 12.5. The molecule has 1 aliphatic rings. The number of ether oxygens (including phenoxy) is 2. The minimum absolute atomic E-state index is 0.266. The molecule has 0 aliphatic carbocycles. The first-order valence-electron chi connectivity index (χ1n) is 7.49. The van der Waals surface area contributed by atoms with Gasteiger partial charge in [-0.25, -0.2) is 0 Å². The second-order valence-electron chi connectivity index (χ2n) is 5.93. The van der Waals surface area contributed by atoms with Gasteiger partial charge in [0.15, 0.2) is 5.60 Å². The van der Waals surface area contributed by atoms with E-state index < -0.39 is 5.60 Å². The Morgan fingerprint density at radius 3 is 2.71 bits per heavy atom. The molecule has 0 radical (unpaired) electrons. The number of amides is 2. The van der Waals surface area contributed by atoms with Crippen LogP contribution in [0.4, 0.5) is 11.4 Å². The summed E-state index contributed by atoms with van der Waals surface area (Å²) in [4.78, 5) is 24.6. The molecule has 6 nitrogen and oxygen atoms in total. The van der Waals surface area contributed by atoms with Gasteiger partial charge in [-0.15, -0.1) is 0 Å². The second kappa shape index (κ2) is 5.88. The summed E-state index contributed by atoms with van der Waals surface area (Å²) in [5.74, 6) is 0.540. The number of rotatable bonds is 3. The van der Waals surface area contributed by atoms with Crippen LogP contribution in [0.1, 0.15) is 24.2 Å². The van der Waals surface area contributed by atoms with Gasteiger partial charge < -0.3 is 20.1 Å². The molecule has 0 atom stereocenters. The zero-order chi connectivity index (χ0) is 17.3. The van der Waals surface area contributed by atoms with Gasteiger partial charge in [0, 0.05) is 5.56 Å². The first-order valence-corrected chi connectivity index (χ1v) is 7.49. The maximum atomic E-state index is 12.5. The lowest BCUT2D eigenvalue weighted by Crippen LogP contribution is -2.45. The molecule has 2 aromatic rings. The molecule has 0 aromatic heterocycles. The van der Waals surface area contributed by atoms with Crippen LogP contribution in [0, 0.1) is 0 Å². The fourth-order valence-corrected chi connectivity index (χ4v) is 2.39. The van der Waals surface area contributed by atoms with E-state index in [0.717, 1.165) is 0 Å². The highest BCUT2D eigenvalue weighted by Crippen LogP contribution is 2.39. The molecule has 24 heavy (non-hydrogen) atoms. The molecule has 1 aliphatic heterocycles. The van der Waals surface area contributed by atoms with Gasteiger partial charge >= 0.3 is 0 Å². The van der Waals surface area contributed by atoms with Gasteiger partial charge in [0.1, 0.15) is 17.2 Å². The maximum Gasteiger partial charge on any atom is 0.268 e. The van der Waals surface area contributed by atoms with Crippen LogP contribution in [0.25, 0.3) is 0 Å². The van der Waals surface area contributed by atoms with E-state index in [0.29, 0.717) is 28.4 Å². The van der Waals surface area contributed by atoms with Crippen LogP contribution in [0.2, 0.25) is 0 Å². The molecule has 0 spiro atoms. The fourth-order valence-electron chi connectivity index (χ4n) is 2.39. The van der Waals surface area contributed by atoms with E-state index in [2.05, 4.69) is 10.6 Å². The van der Waals surface area contributed by atoms with E-state index >= 15 is 0 Å². The summed E-state index contributed by atoms with van der Waals surface area (Å²) in [7, 11) is 1.54. The average molecular weight is 326 g/mol. The number of hydrogen-bond donors (Lipinski definition) is 2. The van der Waals surface area contributed by atoms with Crippen molar-refractivity contribution in [1.82, 2.24) is 0 Å². The van der Waals surface area contributed by atoms with Crippen LogP contribution in [-0.4, -0.2) is 24.5 Å². The molecule has 0 saturated carbocycles. The Balaban J connectivity index is 1.89. The van der Waals surface area contributed by atoms with E-state index in [-0.39, 0.29) is 11.8 Å². The lowest BCUT2D eigenvalue weighted by Gasteiger charge is -2.32. The number of anilines is 2. The Morgan fingerprint density at radius 2 is 1.96 bits per heavy atom. The third-order valence-corrected chi connectivity index (χ3v) is 3.76. The Bertz CT molecular complexity index is 814. The van der Waals surface area contributed by atoms with Crippen molar-refractivity contribution in [1.29, 1.82) is 0 Å². The number of benzene rings is 2. The Labute approximate surface area is 139 Å². The van der Waals surface area contributed by atoms with Crippen molar-refractivity contribution in [3.8, 4) is 11.5 Å². The quantitative estimate of drug-likeness (QED) is 0.909. The van der Waals surface area contributed by atoms with Gasteiger partial charge in [0.05, 0.1) is 12.8 Å². The van der Waals surface area contributed by atoms with Crippen molar-refractivity contribution in [2.24, 2.45) is 0 Å². The van der Waals surface area contributed by atoms with Crippen LogP contribution in [0.5, 0.6) is 11.5 Å². The molecule has 1 heterocycles. The zero-order valence-corrected chi connectivity index (χ0v) is 13.7. The summed E-state index contributed by atoms with van der Waals surface area (Å²) in [5.41, 5.74) is 0.431. The fraction of sp³-hybridized carbons (Fsp3) is 0.222. The lowest BCUT2D eigenvalue weighted by molar-refractivity contribution is -0.129. The topological polar surface area (TPSA) is 76.7 Å². The SMILES string of the molecule is COc1cccc(C(=O)Nc2cccc3c2NC(=O)C(C)(C)O3)c1. The van der Waals surface area contributed by atoms with E-state index in [1.54, 1.807) is 63.4 Å². The molecular weight excluding hydrogens is 308 g/mol. The Morgan fingerprint density at radius 1 is 1.21 bits per heavy atom. The summed E-state index contributed by atoms with van der Waals surface area (Å²) in [6.45, 7) is 3.37. The molecule has 0 bridgehead atoms. The molecule has 124 valence electrons. The van der Waals surface area contributed by atoms with Gasteiger partial charge in [0.2, 0.25) is 0 Å². The van der Waals surface area contributed by atoms with Gasteiger partial charge in [-0.3, -0.25) is 9.59 Å². The highest BCUT2D eigenvalue weighted by molar-refractivity contribution is 6.09. The zero-order valence-electron chi connectivity index (χ0n) is 13.7. The van der Waals surface area contributed by atoms with E-state index in [1.807, 2.05) is 0 Å². The third-order valence-electron chi connectivity index (χ3n) is 3.76. The molecule has 6 heteroatoms. The van der Waals surface area contributed by atoms with E-state index in [1.165, 1.54) is 0 Å². The Kier molecular flexibility index (Phi) is 3.89. The standard InChI is InChI=1S/C18H18N2O4/c1-18(2)17(22)20-15-13(8-5-9-14(15)24-18)19-16(21)11-6-4-7-12(10-11)23-3/h4-10H,1-3H3,(H,19,21)(H,20,22). The number of fused-ring (bicyclic) bond motifs is 1. The molecule has 2 aromatic carbocycles. The van der Waals surface area contributed by atoms with Crippen LogP contribution < -0.4 is 20.1 Å². The largest absolute Gasteiger partial charge is 0.497 e. The summed E-state index contributed by atoms with van der Waals surface area (Å²) in [6.07, 6.45) is 0. The normalized spacial score (nSPS) is 14.9. The van der Waals surface area contributed by atoms with Crippen molar-refractivity contribution in [2.75, 3.05) is 17.7 Å². The van der Waals surface area contributed by atoms with Gasteiger partial charge in [-0.2, -0.15) is 0 Å². The summed E-state index contributed by atoms with van der Waals surface area (Å²) >= 11 is 0. The third kappa shape index (κ3) is 2.90. The predicted octanol–water partition coefficient (Wildman–Crippen LogP) is 3.06. The van der Waals surface area contributed by atoms with Crippen molar-refractivity contribution < 1.29 is 19.1 Å². The predicted molar refractivity (Wildman–Crippen MR) is 90.7 cm³/mol. The molecule has 0 fully saturated rings. The average Bonchev–Trinajstić information content (AvgIpc) is 2.56. The number of nitrogens with one attached hydrogen (secondary N) is 2. The van der Waals surface area contributed by atoms with Crippen molar-refractivity contribution >= 4 is 23.2 Å². The number of para-hydroxylation sites is 1. The van der Waals surface area contributed by atoms with Crippen molar-refractivity contribution in [2.45, 2.75) is 19.4 Å². The van der Waals surface area contributed by atoms with E-state index in [4.69, 9.17) is 9.47 Å². The molecular formula is C18H18N2O4. The van der Waals surface area contributed by atoms with Crippen molar-refractivity contribution in [3.63, 3.8) is 0 Å². The number of hydrogen-bond acceptors (Lipinski definition) is 4. The highest BCUT2D eigenvalue weighted by atomic mass is 16.5. The molecule has 2 N–H and O–H groups in total. The first kappa shape index (κ1) is 15.9. The lowest BCUT2D eigenvalue weighted by atomic mass is 10.1. The number of carbonyl (C=O) groups is 2. The van der Waals surface area contributed by atoms with Crippen LogP contribution >= 0.6 is 0 Å². The molecule has 0 saturated heterocycles. The van der Waals surface area contributed by atoms with Gasteiger partial charge in [-0.05, 0) is 44.2 Å². The van der Waals surface area contributed by atoms with Crippen LogP contribution in [0.3, 0.4) is 0 Å². The van der Waals surface area contributed by atoms with Crippen LogP contribution in [-0.2, 0) is 4.79 Å². The molecule has 0 unspecified atom stereocenters. The van der Waals surface area contributed by atoms with E-state index in [9.17, 15) is 9.59 Å². The smallest absolute Gasteiger partial charge is 0.268 e. The highest BCUT2D eigenvalue weighted by Gasteiger charge is 2.36. The summed E-state index contributed by atoms with van der Waals surface area (Å²) < 4.78 is 10.8. The number of carbonyl (C=O) groups excluding carboxylic acids is 2. The first-order chi connectivity index (χ1) is 11.4.